The minimum absolute atomic E-state index is 0.224. The number of likely N-dealkylation sites (N-methyl/N-ethyl adjacent to an activating group) is 1. The fraction of sp³-hybridized carbons (Fsp3) is 0.533. The van der Waals surface area contributed by atoms with E-state index in [1.54, 1.807) is 6.07 Å². The second-order valence-corrected chi connectivity index (χ2v) is 5.83. The molecule has 0 amide bonds. The van der Waals surface area contributed by atoms with Crippen molar-refractivity contribution in [3.8, 4) is 0 Å². The monoisotopic (exact) mass is 291 g/mol. The van der Waals surface area contributed by atoms with Crippen molar-refractivity contribution >= 4 is 17.1 Å². The SMILES string of the molecule is CN1CC[C@@H]2OCCN(c3nc4cc(F)ccc4o3)[C@H]2C1. The van der Waals surface area contributed by atoms with Crippen LogP contribution in [0, 0.1) is 5.82 Å². The standard InChI is InChI=1S/C15H18FN3O2/c1-18-5-4-14-12(9-18)19(6-7-20-14)15-17-11-8-10(16)2-3-13(11)21-15/h2-3,8,12,14H,4-7,9H2,1H3/t12-,14-/m0/s1. The Hall–Kier alpha value is -1.66. The molecule has 3 heterocycles. The number of morpholine rings is 1. The molecule has 2 saturated heterocycles. The number of oxazole rings is 1. The Bertz CT molecular complexity index is 659. The average molecular weight is 291 g/mol. The zero-order valence-corrected chi connectivity index (χ0v) is 12.0. The number of likely N-dealkylation sites (tertiary alicyclic amines) is 1. The van der Waals surface area contributed by atoms with E-state index >= 15 is 0 Å². The fourth-order valence-corrected chi connectivity index (χ4v) is 3.28. The molecule has 0 spiro atoms. The minimum Gasteiger partial charge on any atom is -0.423 e. The largest absolute Gasteiger partial charge is 0.423 e. The van der Waals surface area contributed by atoms with E-state index in [0.29, 0.717) is 23.7 Å². The van der Waals surface area contributed by atoms with Gasteiger partial charge < -0.3 is 19.0 Å². The summed E-state index contributed by atoms with van der Waals surface area (Å²) < 4.78 is 25.0. The lowest BCUT2D eigenvalue weighted by atomic mass is 9.99. The number of anilines is 1. The third-order valence-corrected chi connectivity index (χ3v) is 4.37. The number of nitrogens with zero attached hydrogens (tertiary/aromatic N) is 3. The lowest BCUT2D eigenvalue weighted by Crippen LogP contribution is -2.59. The van der Waals surface area contributed by atoms with Crippen LogP contribution in [0.2, 0.25) is 0 Å². The van der Waals surface area contributed by atoms with E-state index in [4.69, 9.17) is 9.15 Å². The summed E-state index contributed by atoms with van der Waals surface area (Å²) in [5.74, 6) is -0.292. The Morgan fingerprint density at radius 2 is 2.24 bits per heavy atom. The highest BCUT2D eigenvalue weighted by Gasteiger charge is 2.38. The lowest BCUT2D eigenvalue weighted by molar-refractivity contribution is -0.0259. The number of fused-ring (bicyclic) bond motifs is 2. The van der Waals surface area contributed by atoms with Crippen molar-refractivity contribution in [3.63, 3.8) is 0 Å². The Labute approximate surface area is 122 Å². The molecule has 0 N–H and O–H groups in total. The molecule has 1 aromatic carbocycles. The summed E-state index contributed by atoms with van der Waals surface area (Å²) in [4.78, 5) is 8.92. The van der Waals surface area contributed by atoms with Gasteiger partial charge in [0.05, 0.1) is 18.8 Å². The molecule has 1 aromatic heterocycles. The van der Waals surface area contributed by atoms with Crippen LogP contribution in [0.1, 0.15) is 6.42 Å². The van der Waals surface area contributed by atoms with E-state index in [2.05, 4.69) is 21.8 Å². The van der Waals surface area contributed by atoms with Crippen molar-refractivity contribution in [1.82, 2.24) is 9.88 Å². The van der Waals surface area contributed by atoms with Gasteiger partial charge in [0.15, 0.2) is 5.58 Å². The Morgan fingerprint density at radius 1 is 1.33 bits per heavy atom. The Balaban J connectivity index is 1.69. The summed E-state index contributed by atoms with van der Waals surface area (Å²) in [6.45, 7) is 3.41. The van der Waals surface area contributed by atoms with Gasteiger partial charge in [-0.3, -0.25) is 0 Å². The van der Waals surface area contributed by atoms with Gasteiger partial charge in [0, 0.05) is 25.7 Å². The third kappa shape index (κ3) is 2.28. The number of piperidine rings is 1. The molecular weight excluding hydrogens is 273 g/mol. The zero-order chi connectivity index (χ0) is 14.4. The van der Waals surface area contributed by atoms with Crippen LogP contribution in [0.4, 0.5) is 10.4 Å². The highest BCUT2D eigenvalue weighted by molar-refractivity contribution is 5.74. The first kappa shape index (κ1) is 13.0. The van der Waals surface area contributed by atoms with Crippen molar-refractivity contribution < 1.29 is 13.5 Å². The Kier molecular flexibility index (Phi) is 3.08. The number of hydrogen-bond acceptors (Lipinski definition) is 5. The van der Waals surface area contributed by atoms with Crippen LogP contribution in [0.15, 0.2) is 22.6 Å². The molecule has 0 saturated carbocycles. The maximum Gasteiger partial charge on any atom is 0.298 e. The normalized spacial score (nSPS) is 27.0. The number of ether oxygens (including phenoxy) is 1. The zero-order valence-electron chi connectivity index (χ0n) is 12.0. The Morgan fingerprint density at radius 3 is 3.14 bits per heavy atom. The van der Waals surface area contributed by atoms with Crippen molar-refractivity contribution in [1.29, 1.82) is 0 Å². The fourth-order valence-electron chi connectivity index (χ4n) is 3.28. The van der Waals surface area contributed by atoms with Crippen LogP contribution in [0.3, 0.4) is 0 Å². The van der Waals surface area contributed by atoms with Crippen molar-refractivity contribution in [2.45, 2.75) is 18.6 Å². The molecule has 21 heavy (non-hydrogen) atoms. The average Bonchev–Trinajstić information content (AvgIpc) is 2.89. The number of halogens is 1. The molecule has 2 aromatic rings. The number of rotatable bonds is 1. The summed E-state index contributed by atoms with van der Waals surface area (Å²) in [7, 11) is 2.12. The van der Waals surface area contributed by atoms with Crippen LogP contribution in [0.5, 0.6) is 0 Å². The highest BCUT2D eigenvalue weighted by Crippen LogP contribution is 2.29. The molecule has 0 aliphatic carbocycles. The van der Waals surface area contributed by atoms with E-state index in [-0.39, 0.29) is 18.0 Å². The molecule has 2 fully saturated rings. The van der Waals surface area contributed by atoms with Crippen LogP contribution in [0.25, 0.3) is 11.1 Å². The minimum atomic E-state index is -0.292. The molecular formula is C15H18FN3O2. The molecule has 0 bridgehead atoms. The predicted octanol–water partition coefficient (Wildman–Crippen LogP) is 1.88. The smallest absolute Gasteiger partial charge is 0.298 e. The summed E-state index contributed by atoms with van der Waals surface area (Å²) in [6.07, 6.45) is 1.24. The third-order valence-electron chi connectivity index (χ3n) is 4.37. The van der Waals surface area contributed by atoms with Crippen LogP contribution in [-0.2, 0) is 4.74 Å². The van der Waals surface area contributed by atoms with Crippen molar-refractivity contribution in [3.05, 3.63) is 24.0 Å². The summed E-state index contributed by atoms with van der Waals surface area (Å²) >= 11 is 0. The maximum atomic E-state index is 13.3. The molecule has 2 aliphatic rings. The van der Waals surface area contributed by atoms with E-state index in [1.165, 1.54) is 12.1 Å². The summed E-state index contributed by atoms with van der Waals surface area (Å²) in [6, 6.07) is 5.26. The van der Waals surface area contributed by atoms with Gasteiger partial charge in [-0.2, -0.15) is 4.98 Å². The molecule has 6 heteroatoms. The van der Waals surface area contributed by atoms with E-state index in [1.807, 2.05) is 0 Å². The van der Waals surface area contributed by atoms with Gasteiger partial charge in [-0.1, -0.05) is 0 Å². The van der Waals surface area contributed by atoms with Crippen molar-refractivity contribution in [2.24, 2.45) is 0 Å². The molecule has 0 radical (unpaired) electrons. The number of hydrogen-bond donors (Lipinski definition) is 0. The summed E-state index contributed by atoms with van der Waals surface area (Å²) in [5.41, 5.74) is 1.19. The van der Waals surface area contributed by atoms with E-state index in [9.17, 15) is 4.39 Å². The van der Waals surface area contributed by atoms with Gasteiger partial charge >= 0.3 is 0 Å². The van der Waals surface area contributed by atoms with Crippen LogP contribution < -0.4 is 4.90 Å². The van der Waals surface area contributed by atoms with E-state index in [0.717, 1.165) is 26.1 Å². The molecule has 4 rings (SSSR count). The van der Waals surface area contributed by atoms with E-state index < -0.39 is 0 Å². The first-order valence-corrected chi connectivity index (χ1v) is 7.33. The molecule has 0 unspecified atom stereocenters. The molecule has 5 nitrogen and oxygen atoms in total. The quantitative estimate of drug-likeness (QED) is 0.802. The van der Waals surface area contributed by atoms with Crippen molar-refractivity contribution in [2.75, 3.05) is 38.2 Å². The second kappa shape index (κ2) is 4.96. The van der Waals surface area contributed by atoms with Gasteiger partial charge in [-0.05, 0) is 25.6 Å². The van der Waals surface area contributed by atoms with Gasteiger partial charge in [-0.15, -0.1) is 0 Å². The molecule has 2 atom stereocenters. The summed E-state index contributed by atoms with van der Waals surface area (Å²) in [5, 5.41) is 0. The molecule has 2 aliphatic heterocycles. The topological polar surface area (TPSA) is 41.7 Å². The number of aromatic nitrogens is 1. The van der Waals surface area contributed by atoms with Gasteiger partial charge in [0.1, 0.15) is 11.3 Å². The van der Waals surface area contributed by atoms with Gasteiger partial charge in [0.25, 0.3) is 6.01 Å². The first-order chi connectivity index (χ1) is 10.2. The molecule has 112 valence electrons. The van der Waals surface area contributed by atoms with Crippen LogP contribution in [-0.4, -0.2) is 55.3 Å². The predicted molar refractivity (Wildman–Crippen MR) is 77.0 cm³/mol. The second-order valence-electron chi connectivity index (χ2n) is 5.83. The van der Waals surface area contributed by atoms with Gasteiger partial charge in [0.2, 0.25) is 0 Å². The van der Waals surface area contributed by atoms with Crippen LogP contribution >= 0.6 is 0 Å². The van der Waals surface area contributed by atoms with Gasteiger partial charge in [-0.25, -0.2) is 4.39 Å². The lowest BCUT2D eigenvalue weighted by Gasteiger charge is -2.45. The maximum absolute atomic E-state index is 13.3. The number of benzene rings is 1. The first-order valence-electron chi connectivity index (χ1n) is 7.33. The highest BCUT2D eigenvalue weighted by atomic mass is 19.1.